The molecule has 0 heterocycles. The van der Waals surface area contributed by atoms with E-state index in [0.29, 0.717) is 29.6 Å². The van der Waals surface area contributed by atoms with E-state index in [1.807, 2.05) is 0 Å². The van der Waals surface area contributed by atoms with Crippen molar-refractivity contribution in [3.8, 4) is 0 Å². The SMILES string of the molecule is CCC(CC(O)C(C)[C@H]1CC[C@H]2[C@@H]3[C@@H](O)[C@H](O)[C@H]4C[C@@H](O[Si](C)(C)C(C)(C)C)CC[C@]4(C)[C@H]3CC[C@]12C)C(C)C. The molecule has 4 aliphatic rings. The number of rotatable bonds is 8. The Morgan fingerprint density at radius 1 is 0.875 bits per heavy atom. The van der Waals surface area contributed by atoms with Gasteiger partial charge in [-0.25, -0.2) is 0 Å². The van der Waals surface area contributed by atoms with Gasteiger partial charge in [0.15, 0.2) is 8.32 Å². The Morgan fingerprint density at radius 3 is 2.05 bits per heavy atom. The number of hydrogen-bond acceptors (Lipinski definition) is 4. The van der Waals surface area contributed by atoms with Crippen LogP contribution in [0.5, 0.6) is 0 Å². The summed E-state index contributed by atoms with van der Waals surface area (Å²) in [6, 6.07) is 0. The zero-order chi connectivity index (χ0) is 30.0. The van der Waals surface area contributed by atoms with Crippen molar-refractivity contribution in [2.45, 2.75) is 163 Å². The Bertz CT molecular complexity index is 868. The van der Waals surface area contributed by atoms with Gasteiger partial charge in [0.1, 0.15) is 0 Å². The molecule has 0 aliphatic heterocycles. The van der Waals surface area contributed by atoms with E-state index in [1.54, 1.807) is 0 Å². The highest BCUT2D eigenvalue weighted by atomic mass is 28.4. The van der Waals surface area contributed by atoms with Crippen molar-refractivity contribution in [1.29, 1.82) is 0 Å². The molecule has 0 aromatic heterocycles. The Morgan fingerprint density at radius 2 is 1.48 bits per heavy atom. The Hall–Kier alpha value is 0.0569. The number of hydrogen-bond donors (Lipinski definition) is 3. The van der Waals surface area contributed by atoms with Crippen LogP contribution in [0.1, 0.15) is 120 Å². The summed E-state index contributed by atoms with van der Waals surface area (Å²) < 4.78 is 6.88. The molecule has 0 spiro atoms. The monoisotopic (exact) mass is 578 g/mol. The summed E-state index contributed by atoms with van der Waals surface area (Å²) in [5.41, 5.74) is 0.195. The van der Waals surface area contributed by atoms with Gasteiger partial charge in [-0.05, 0) is 128 Å². The maximum atomic E-state index is 11.9. The first-order chi connectivity index (χ1) is 18.4. The lowest BCUT2D eigenvalue weighted by Gasteiger charge is -2.64. The third-order valence-electron chi connectivity index (χ3n) is 14.3. The zero-order valence-electron chi connectivity index (χ0n) is 28.0. The van der Waals surface area contributed by atoms with E-state index in [4.69, 9.17) is 4.43 Å². The van der Waals surface area contributed by atoms with Gasteiger partial charge in [0, 0.05) is 6.10 Å². The van der Waals surface area contributed by atoms with Gasteiger partial charge in [-0.3, -0.25) is 0 Å². The predicted octanol–water partition coefficient (Wildman–Crippen LogP) is 8.05. The van der Waals surface area contributed by atoms with Crippen molar-refractivity contribution in [2.24, 2.45) is 58.2 Å². The molecule has 4 saturated carbocycles. The van der Waals surface area contributed by atoms with Crippen LogP contribution < -0.4 is 0 Å². The van der Waals surface area contributed by atoms with Gasteiger partial charge in [0.25, 0.3) is 0 Å². The Labute approximate surface area is 248 Å². The highest BCUT2D eigenvalue weighted by molar-refractivity contribution is 6.74. The number of aliphatic hydroxyl groups is 3. The number of aliphatic hydroxyl groups excluding tert-OH is 3. The third-order valence-corrected chi connectivity index (χ3v) is 18.8. The first kappa shape index (κ1) is 33.0. The van der Waals surface area contributed by atoms with E-state index in [9.17, 15) is 15.3 Å². The average molecular weight is 579 g/mol. The molecule has 0 aromatic carbocycles. The lowest BCUT2D eigenvalue weighted by atomic mass is 9.43. The topological polar surface area (TPSA) is 69.9 Å². The van der Waals surface area contributed by atoms with Gasteiger partial charge in [0.2, 0.25) is 0 Å². The summed E-state index contributed by atoms with van der Waals surface area (Å²) in [5, 5.41) is 35.2. The highest BCUT2D eigenvalue weighted by Gasteiger charge is 2.65. The van der Waals surface area contributed by atoms with Gasteiger partial charge in [-0.2, -0.15) is 0 Å². The molecule has 0 aromatic rings. The summed E-state index contributed by atoms with van der Waals surface area (Å²) in [6.07, 6.45) is 8.31. The fraction of sp³-hybridized carbons (Fsp3) is 1.00. The summed E-state index contributed by atoms with van der Waals surface area (Å²) in [4.78, 5) is 0. The lowest BCUT2D eigenvalue weighted by Crippen LogP contribution is -2.64. The van der Waals surface area contributed by atoms with E-state index in [2.05, 4.69) is 75.4 Å². The predicted molar refractivity (Wildman–Crippen MR) is 168 cm³/mol. The maximum Gasteiger partial charge on any atom is 0.192 e. The molecular formula is C35H66O4Si. The molecule has 4 rings (SSSR count). The van der Waals surface area contributed by atoms with Crippen LogP contribution in [0.4, 0.5) is 0 Å². The van der Waals surface area contributed by atoms with Gasteiger partial charge in [-0.15, -0.1) is 0 Å². The molecule has 3 N–H and O–H groups in total. The number of fused-ring (bicyclic) bond motifs is 5. The summed E-state index contributed by atoms with van der Waals surface area (Å²) in [7, 11) is -1.89. The van der Waals surface area contributed by atoms with Crippen LogP contribution in [-0.2, 0) is 4.43 Å². The molecule has 40 heavy (non-hydrogen) atoms. The fourth-order valence-corrected chi connectivity index (χ4v) is 11.9. The van der Waals surface area contributed by atoms with Crippen LogP contribution in [0.15, 0.2) is 0 Å². The summed E-state index contributed by atoms with van der Waals surface area (Å²) in [6.45, 7) is 25.6. The standard InChI is InChI=1S/C35H66O4Si/c1-12-23(21(2)3)19-29(36)22(4)25-13-14-26-30-27(16-18-34(25,26)8)35(9)17-15-24(20-28(35)31(37)32(30)38)39-40(10,11)33(5,6)7/h21-32,36-38H,12-20H2,1-11H3/t22?,23?,24-,25+,26-,27-,28+,29?,30-,31+,32+,34+,35+/m0/s1. The molecule has 4 nitrogen and oxygen atoms in total. The molecule has 13 atom stereocenters. The molecule has 0 bridgehead atoms. The minimum Gasteiger partial charge on any atom is -0.414 e. The molecular weight excluding hydrogens is 512 g/mol. The summed E-state index contributed by atoms with van der Waals surface area (Å²) >= 11 is 0. The van der Waals surface area contributed by atoms with Crippen LogP contribution in [-0.4, -0.2) is 48.1 Å². The van der Waals surface area contributed by atoms with Crippen molar-refractivity contribution in [3.63, 3.8) is 0 Å². The van der Waals surface area contributed by atoms with Gasteiger partial charge in [-0.1, -0.05) is 68.7 Å². The van der Waals surface area contributed by atoms with E-state index in [0.717, 1.165) is 51.4 Å². The molecule has 5 heteroatoms. The molecule has 4 aliphatic carbocycles. The molecule has 234 valence electrons. The maximum absolute atomic E-state index is 11.9. The average Bonchev–Trinajstić information content (AvgIpc) is 3.21. The van der Waals surface area contributed by atoms with E-state index in [-0.39, 0.29) is 45.8 Å². The molecule has 3 unspecified atom stereocenters. The second kappa shape index (κ2) is 11.5. The van der Waals surface area contributed by atoms with Crippen molar-refractivity contribution in [3.05, 3.63) is 0 Å². The Balaban J connectivity index is 1.52. The molecule has 0 radical (unpaired) electrons. The fourth-order valence-electron chi connectivity index (χ4n) is 10.5. The van der Waals surface area contributed by atoms with Crippen molar-refractivity contribution in [1.82, 2.24) is 0 Å². The largest absolute Gasteiger partial charge is 0.414 e. The van der Waals surface area contributed by atoms with Crippen LogP contribution in [0.25, 0.3) is 0 Å². The van der Waals surface area contributed by atoms with Crippen LogP contribution in [0, 0.1) is 58.2 Å². The van der Waals surface area contributed by atoms with Crippen molar-refractivity contribution < 1.29 is 19.7 Å². The molecule has 4 fully saturated rings. The van der Waals surface area contributed by atoms with E-state index < -0.39 is 20.5 Å². The van der Waals surface area contributed by atoms with Gasteiger partial charge in [0.05, 0.1) is 18.3 Å². The van der Waals surface area contributed by atoms with Crippen LogP contribution in [0.3, 0.4) is 0 Å². The first-order valence-electron chi connectivity index (χ1n) is 17.1. The first-order valence-corrected chi connectivity index (χ1v) is 20.0. The zero-order valence-corrected chi connectivity index (χ0v) is 29.0. The quantitative estimate of drug-likeness (QED) is 0.255. The van der Waals surface area contributed by atoms with E-state index in [1.165, 1.54) is 6.42 Å². The van der Waals surface area contributed by atoms with Crippen molar-refractivity contribution >= 4 is 8.32 Å². The van der Waals surface area contributed by atoms with Gasteiger partial charge < -0.3 is 19.7 Å². The third kappa shape index (κ3) is 5.55. The summed E-state index contributed by atoms with van der Waals surface area (Å²) in [5.74, 6) is 3.11. The normalized spacial score (nSPS) is 44.5. The van der Waals surface area contributed by atoms with Crippen LogP contribution in [0.2, 0.25) is 18.1 Å². The van der Waals surface area contributed by atoms with E-state index >= 15 is 0 Å². The van der Waals surface area contributed by atoms with Gasteiger partial charge >= 0.3 is 0 Å². The van der Waals surface area contributed by atoms with Crippen molar-refractivity contribution in [2.75, 3.05) is 0 Å². The second-order valence-corrected chi connectivity index (χ2v) is 22.2. The smallest absolute Gasteiger partial charge is 0.192 e. The molecule has 0 saturated heterocycles. The lowest BCUT2D eigenvalue weighted by molar-refractivity contribution is -0.223. The Kier molecular flexibility index (Phi) is 9.50. The van der Waals surface area contributed by atoms with Crippen LogP contribution >= 0.6 is 0 Å². The second-order valence-electron chi connectivity index (χ2n) is 17.5. The minimum absolute atomic E-state index is 0.0623. The molecule has 0 amide bonds. The highest BCUT2D eigenvalue weighted by Crippen LogP contribution is 2.68. The minimum atomic E-state index is -1.89.